The van der Waals surface area contributed by atoms with Crippen LogP contribution in [0, 0.1) is 6.92 Å². The van der Waals surface area contributed by atoms with Gasteiger partial charge in [0.25, 0.3) is 0 Å². The summed E-state index contributed by atoms with van der Waals surface area (Å²) >= 11 is 7.41. The van der Waals surface area contributed by atoms with E-state index in [0.717, 1.165) is 62.3 Å². The Hall–Kier alpha value is -1.18. The maximum atomic E-state index is 5.53. The van der Waals surface area contributed by atoms with Gasteiger partial charge in [0, 0.05) is 39.3 Å². The van der Waals surface area contributed by atoms with Crippen LogP contribution < -0.4 is 14.8 Å². The fourth-order valence-electron chi connectivity index (χ4n) is 3.07. The number of thioether (sulfide) groups is 1. The molecule has 1 heterocycles. The number of rotatable bonds is 8. The number of ether oxygens (including phenoxy) is 2. The van der Waals surface area contributed by atoms with Gasteiger partial charge in [-0.2, -0.15) is 11.8 Å². The molecule has 0 aliphatic carbocycles. The van der Waals surface area contributed by atoms with E-state index in [-0.39, 0.29) is 0 Å². The zero-order chi connectivity index (χ0) is 18.9. The van der Waals surface area contributed by atoms with Gasteiger partial charge >= 0.3 is 0 Å². The summed E-state index contributed by atoms with van der Waals surface area (Å²) < 4.78 is 10.8. The number of methoxy groups -OCH3 is 2. The molecule has 7 heteroatoms. The van der Waals surface area contributed by atoms with Gasteiger partial charge in [-0.1, -0.05) is 0 Å². The molecule has 0 bridgehead atoms. The Morgan fingerprint density at radius 1 is 1.15 bits per heavy atom. The van der Waals surface area contributed by atoms with E-state index < -0.39 is 0 Å². The second-order valence-electron chi connectivity index (χ2n) is 6.48. The molecule has 1 aromatic rings. The van der Waals surface area contributed by atoms with Crippen LogP contribution in [-0.2, 0) is 6.54 Å². The molecular weight excluding hydrogens is 366 g/mol. The molecule has 1 aliphatic heterocycles. The number of benzene rings is 1. The van der Waals surface area contributed by atoms with E-state index in [1.807, 2.05) is 11.8 Å². The standard InChI is InChI=1S/C19H31N3O2S2/c1-15-12-17(23-2)18(24-3)13-16(15)14-21-7-9-22(10-8-21)19(25)20-6-5-11-26-4/h12-13H,5-11,14H2,1-4H3,(H,20,25). The number of thiocarbonyl (C=S) groups is 1. The highest BCUT2D eigenvalue weighted by atomic mass is 32.2. The lowest BCUT2D eigenvalue weighted by molar-refractivity contribution is 0.174. The third-order valence-electron chi connectivity index (χ3n) is 4.70. The number of nitrogens with zero attached hydrogens (tertiary/aromatic N) is 2. The van der Waals surface area contributed by atoms with Gasteiger partial charge in [0.2, 0.25) is 0 Å². The zero-order valence-corrected chi connectivity index (χ0v) is 18.0. The molecule has 2 rings (SSSR count). The summed E-state index contributed by atoms with van der Waals surface area (Å²) in [5.74, 6) is 2.76. The second-order valence-corrected chi connectivity index (χ2v) is 7.85. The fourth-order valence-corrected chi connectivity index (χ4v) is 3.78. The van der Waals surface area contributed by atoms with E-state index in [1.165, 1.54) is 16.9 Å². The SMILES string of the molecule is COc1cc(C)c(CN2CCN(C(=S)NCCCSC)CC2)cc1OC. The first-order valence-electron chi connectivity index (χ1n) is 9.04. The van der Waals surface area contributed by atoms with Gasteiger partial charge in [-0.3, -0.25) is 4.90 Å². The molecule has 1 N–H and O–H groups in total. The Kier molecular flexibility index (Phi) is 8.81. The molecule has 1 fully saturated rings. The van der Waals surface area contributed by atoms with Crippen LogP contribution in [0.3, 0.4) is 0 Å². The van der Waals surface area contributed by atoms with Gasteiger partial charge in [-0.15, -0.1) is 0 Å². The van der Waals surface area contributed by atoms with E-state index >= 15 is 0 Å². The van der Waals surface area contributed by atoms with Gasteiger partial charge in [-0.25, -0.2) is 0 Å². The Bertz CT molecular complexity index is 590. The third-order valence-corrected chi connectivity index (χ3v) is 5.80. The van der Waals surface area contributed by atoms with Crippen LogP contribution in [-0.4, -0.2) is 73.9 Å². The predicted molar refractivity (Wildman–Crippen MR) is 115 cm³/mol. The van der Waals surface area contributed by atoms with Crippen LogP contribution in [0.4, 0.5) is 0 Å². The maximum absolute atomic E-state index is 5.53. The summed E-state index contributed by atoms with van der Waals surface area (Å²) in [6.45, 7) is 7.99. The van der Waals surface area contributed by atoms with E-state index in [2.05, 4.69) is 40.4 Å². The molecule has 0 unspecified atom stereocenters. The van der Waals surface area contributed by atoms with Gasteiger partial charge in [0.05, 0.1) is 14.2 Å². The Morgan fingerprint density at radius 3 is 2.42 bits per heavy atom. The molecule has 0 amide bonds. The normalized spacial score (nSPS) is 15.0. The lowest BCUT2D eigenvalue weighted by atomic mass is 10.1. The van der Waals surface area contributed by atoms with E-state index in [0.29, 0.717) is 0 Å². The molecule has 1 aliphatic rings. The van der Waals surface area contributed by atoms with Crippen molar-refractivity contribution in [2.75, 3.05) is 59.0 Å². The minimum absolute atomic E-state index is 0.788. The Balaban J connectivity index is 1.84. The van der Waals surface area contributed by atoms with Gasteiger partial charge in [-0.05, 0) is 60.8 Å². The van der Waals surface area contributed by atoms with E-state index in [4.69, 9.17) is 21.7 Å². The predicted octanol–water partition coefficient (Wildman–Crippen LogP) is 2.76. The maximum Gasteiger partial charge on any atom is 0.169 e. The van der Waals surface area contributed by atoms with Crippen LogP contribution >= 0.6 is 24.0 Å². The molecule has 26 heavy (non-hydrogen) atoms. The average Bonchev–Trinajstić information content (AvgIpc) is 2.66. The van der Waals surface area contributed by atoms with E-state index in [9.17, 15) is 0 Å². The van der Waals surface area contributed by atoms with Crippen molar-refractivity contribution in [3.8, 4) is 11.5 Å². The Labute approximate surface area is 167 Å². The van der Waals surface area contributed by atoms with Crippen molar-refractivity contribution in [2.45, 2.75) is 19.9 Å². The summed E-state index contributed by atoms with van der Waals surface area (Å²) in [6.07, 6.45) is 3.29. The highest BCUT2D eigenvalue weighted by Crippen LogP contribution is 2.30. The van der Waals surface area contributed by atoms with Crippen LogP contribution in [0.15, 0.2) is 12.1 Å². The average molecular weight is 398 g/mol. The summed E-state index contributed by atoms with van der Waals surface area (Å²) in [6, 6.07) is 4.15. The van der Waals surface area contributed by atoms with Crippen molar-refractivity contribution in [3.05, 3.63) is 23.3 Å². The summed E-state index contributed by atoms with van der Waals surface area (Å²) in [7, 11) is 3.36. The smallest absolute Gasteiger partial charge is 0.169 e. The first-order valence-corrected chi connectivity index (χ1v) is 10.8. The number of nitrogens with one attached hydrogen (secondary N) is 1. The molecule has 0 radical (unpaired) electrons. The molecule has 0 saturated carbocycles. The molecule has 146 valence electrons. The third kappa shape index (κ3) is 5.93. The quantitative estimate of drug-likeness (QED) is 0.534. The molecule has 1 saturated heterocycles. The highest BCUT2D eigenvalue weighted by molar-refractivity contribution is 7.98. The minimum atomic E-state index is 0.788. The van der Waals surface area contributed by atoms with Crippen molar-refractivity contribution in [3.63, 3.8) is 0 Å². The molecule has 5 nitrogen and oxygen atoms in total. The van der Waals surface area contributed by atoms with Gasteiger partial charge in [0.1, 0.15) is 0 Å². The first kappa shape index (κ1) is 21.1. The largest absolute Gasteiger partial charge is 0.493 e. The molecule has 1 aromatic carbocycles. The fraction of sp³-hybridized carbons (Fsp3) is 0.632. The zero-order valence-electron chi connectivity index (χ0n) is 16.3. The minimum Gasteiger partial charge on any atom is -0.493 e. The van der Waals surface area contributed by atoms with Crippen molar-refractivity contribution in [1.82, 2.24) is 15.1 Å². The second kappa shape index (κ2) is 10.8. The monoisotopic (exact) mass is 397 g/mol. The number of aryl methyl sites for hydroxylation is 1. The molecular formula is C19H31N3O2S2. The van der Waals surface area contributed by atoms with Crippen LogP contribution in [0.1, 0.15) is 17.5 Å². The topological polar surface area (TPSA) is 37.0 Å². The summed E-state index contributed by atoms with van der Waals surface area (Å²) in [5, 5.41) is 4.28. The summed E-state index contributed by atoms with van der Waals surface area (Å²) in [4.78, 5) is 4.76. The number of piperazine rings is 1. The van der Waals surface area contributed by atoms with Crippen LogP contribution in [0.5, 0.6) is 11.5 Å². The Morgan fingerprint density at radius 2 is 1.81 bits per heavy atom. The lowest BCUT2D eigenvalue weighted by Gasteiger charge is -2.36. The van der Waals surface area contributed by atoms with Gasteiger partial charge in [0.15, 0.2) is 16.6 Å². The van der Waals surface area contributed by atoms with Crippen LogP contribution in [0.25, 0.3) is 0 Å². The first-order chi connectivity index (χ1) is 12.6. The summed E-state index contributed by atoms with van der Waals surface area (Å²) in [5.41, 5.74) is 2.52. The molecule has 0 atom stereocenters. The van der Waals surface area contributed by atoms with Crippen molar-refractivity contribution < 1.29 is 9.47 Å². The van der Waals surface area contributed by atoms with Crippen LogP contribution in [0.2, 0.25) is 0 Å². The number of hydrogen-bond donors (Lipinski definition) is 1. The molecule has 0 aromatic heterocycles. The van der Waals surface area contributed by atoms with Crippen molar-refractivity contribution in [2.24, 2.45) is 0 Å². The van der Waals surface area contributed by atoms with Crippen molar-refractivity contribution >= 4 is 29.1 Å². The molecule has 0 spiro atoms. The van der Waals surface area contributed by atoms with E-state index in [1.54, 1.807) is 14.2 Å². The lowest BCUT2D eigenvalue weighted by Crippen LogP contribution is -2.51. The van der Waals surface area contributed by atoms with Crippen molar-refractivity contribution in [1.29, 1.82) is 0 Å². The number of hydrogen-bond acceptors (Lipinski definition) is 5. The highest BCUT2D eigenvalue weighted by Gasteiger charge is 2.20. The van der Waals surface area contributed by atoms with Gasteiger partial charge < -0.3 is 19.7 Å².